The number of nitrogens with two attached hydrogens (primary N) is 1. The molecule has 5 nitrogen and oxygen atoms in total. The van der Waals surface area contributed by atoms with E-state index < -0.39 is 5.91 Å². The van der Waals surface area contributed by atoms with Gasteiger partial charge >= 0.3 is 0 Å². The molecule has 3 rings (SSSR count). The van der Waals surface area contributed by atoms with E-state index in [-0.39, 0.29) is 17.3 Å². The van der Waals surface area contributed by atoms with Gasteiger partial charge in [0.15, 0.2) is 0 Å². The summed E-state index contributed by atoms with van der Waals surface area (Å²) in [5, 5.41) is 0.595. The highest BCUT2D eigenvalue weighted by atomic mass is 16.1. The number of primary amides is 1. The number of rotatable bonds is 3. The van der Waals surface area contributed by atoms with Crippen LogP contribution >= 0.6 is 0 Å². The number of para-hydroxylation sites is 1. The fraction of sp³-hybridized carbons (Fsp3) is 0.0588. The summed E-state index contributed by atoms with van der Waals surface area (Å²) in [5.41, 5.74) is 7.52. The molecule has 0 aliphatic rings. The summed E-state index contributed by atoms with van der Waals surface area (Å²) in [6.07, 6.45) is 0. The number of amides is 1. The van der Waals surface area contributed by atoms with E-state index in [2.05, 4.69) is 9.97 Å². The molecule has 5 heteroatoms. The highest BCUT2D eigenvalue weighted by molar-refractivity contribution is 6.15. The maximum Gasteiger partial charge on any atom is 0.286 e. The predicted molar refractivity (Wildman–Crippen MR) is 82.7 cm³/mol. The molecule has 0 saturated carbocycles. The third-order valence-electron chi connectivity index (χ3n) is 3.35. The summed E-state index contributed by atoms with van der Waals surface area (Å²) in [6.45, 7) is 1.94. The fourth-order valence-corrected chi connectivity index (χ4v) is 2.20. The average molecular weight is 291 g/mol. The van der Waals surface area contributed by atoms with Gasteiger partial charge in [0.05, 0.1) is 5.52 Å². The summed E-state index contributed by atoms with van der Waals surface area (Å²) in [5.74, 6) is -1.18. The molecule has 0 radical (unpaired) electrons. The van der Waals surface area contributed by atoms with Crippen molar-refractivity contribution in [3.05, 3.63) is 71.2 Å². The van der Waals surface area contributed by atoms with Gasteiger partial charge in [-0.25, -0.2) is 9.97 Å². The fourth-order valence-electron chi connectivity index (χ4n) is 2.20. The van der Waals surface area contributed by atoms with Crippen LogP contribution in [0.3, 0.4) is 0 Å². The first kappa shape index (κ1) is 13.9. The Hall–Kier alpha value is -3.08. The van der Waals surface area contributed by atoms with Crippen LogP contribution in [-0.2, 0) is 0 Å². The molecule has 0 saturated heterocycles. The van der Waals surface area contributed by atoms with Crippen molar-refractivity contribution in [1.82, 2.24) is 9.97 Å². The largest absolute Gasteiger partial charge is 0.363 e. The molecule has 0 bridgehead atoms. The number of fused-ring (bicyclic) bond motifs is 1. The van der Waals surface area contributed by atoms with Crippen LogP contribution in [0.15, 0.2) is 48.5 Å². The quantitative estimate of drug-likeness (QED) is 0.750. The number of carbonyl (C=O) groups excluding carboxylic acids is 2. The molecule has 3 aromatic rings. The molecule has 2 aromatic carbocycles. The van der Waals surface area contributed by atoms with E-state index >= 15 is 0 Å². The molecule has 0 aliphatic carbocycles. The molecule has 108 valence electrons. The number of aryl methyl sites for hydroxylation is 1. The van der Waals surface area contributed by atoms with E-state index in [1.165, 1.54) is 0 Å². The van der Waals surface area contributed by atoms with E-state index in [1.54, 1.807) is 36.4 Å². The van der Waals surface area contributed by atoms with Gasteiger partial charge in [-0.05, 0) is 13.0 Å². The number of hydrogen-bond donors (Lipinski definition) is 1. The van der Waals surface area contributed by atoms with E-state index in [0.29, 0.717) is 16.5 Å². The Labute approximate surface area is 126 Å². The second-order valence-corrected chi connectivity index (χ2v) is 4.97. The minimum Gasteiger partial charge on any atom is -0.363 e. The molecule has 0 spiro atoms. The van der Waals surface area contributed by atoms with Crippen LogP contribution < -0.4 is 5.73 Å². The lowest BCUT2D eigenvalue weighted by atomic mass is 10.0. The van der Waals surface area contributed by atoms with Crippen molar-refractivity contribution in [2.45, 2.75) is 6.92 Å². The molecule has 22 heavy (non-hydrogen) atoms. The van der Waals surface area contributed by atoms with Gasteiger partial charge in [-0.2, -0.15) is 0 Å². The number of nitrogens with zero attached hydrogens (tertiary/aromatic N) is 2. The Morgan fingerprint density at radius 2 is 1.64 bits per heavy atom. The molecule has 2 N–H and O–H groups in total. The Morgan fingerprint density at radius 3 is 2.32 bits per heavy atom. The highest BCUT2D eigenvalue weighted by Crippen LogP contribution is 2.19. The van der Waals surface area contributed by atoms with Crippen molar-refractivity contribution >= 4 is 22.6 Å². The first-order chi connectivity index (χ1) is 10.6. The molecule has 0 aliphatic heterocycles. The van der Waals surface area contributed by atoms with Gasteiger partial charge in [0.2, 0.25) is 11.6 Å². The zero-order chi connectivity index (χ0) is 15.7. The Bertz CT molecular complexity index is 886. The lowest BCUT2D eigenvalue weighted by Gasteiger charge is -2.07. The minimum absolute atomic E-state index is 0.158. The van der Waals surface area contributed by atoms with Crippen LogP contribution in [0.1, 0.15) is 32.2 Å². The van der Waals surface area contributed by atoms with Gasteiger partial charge in [-0.15, -0.1) is 0 Å². The van der Waals surface area contributed by atoms with E-state index in [0.717, 1.165) is 5.56 Å². The van der Waals surface area contributed by atoms with E-state index in [1.807, 2.05) is 19.1 Å². The molecule has 1 aromatic heterocycles. The van der Waals surface area contributed by atoms with Gasteiger partial charge in [-0.3, -0.25) is 9.59 Å². The van der Waals surface area contributed by atoms with Gasteiger partial charge < -0.3 is 5.73 Å². The van der Waals surface area contributed by atoms with Crippen LogP contribution in [0.25, 0.3) is 10.9 Å². The highest BCUT2D eigenvalue weighted by Gasteiger charge is 2.18. The predicted octanol–water partition coefficient (Wildman–Crippen LogP) is 2.27. The summed E-state index contributed by atoms with van der Waals surface area (Å²) in [4.78, 5) is 32.2. The molecule has 1 amide bonds. The normalized spacial score (nSPS) is 10.6. The first-order valence-electron chi connectivity index (χ1n) is 6.74. The van der Waals surface area contributed by atoms with Crippen molar-refractivity contribution in [3.8, 4) is 0 Å². The third kappa shape index (κ3) is 2.44. The van der Waals surface area contributed by atoms with Crippen LogP contribution in [-0.4, -0.2) is 21.7 Å². The Balaban J connectivity index is 2.22. The van der Waals surface area contributed by atoms with E-state index in [4.69, 9.17) is 5.73 Å². The maximum atomic E-state index is 12.7. The topological polar surface area (TPSA) is 85.9 Å². The molecule has 1 heterocycles. The summed E-state index contributed by atoms with van der Waals surface area (Å²) >= 11 is 0. The van der Waals surface area contributed by atoms with Crippen molar-refractivity contribution in [2.75, 3.05) is 0 Å². The average Bonchev–Trinajstić information content (AvgIpc) is 2.53. The first-order valence-corrected chi connectivity index (χ1v) is 6.74. The molecule has 0 unspecified atom stereocenters. The SMILES string of the molecule is Cc1ccc(C(=O)c2nc(C(N)=O)nc3ccccc23)cc1. The Morgan fingerprint density at radius 1 is 0.955 bits per heavy atom. The lowest BCUT2D eigenvalue weighted by Crippen LogP contribution is -2.18. The van der Waals surface area contributed by atoms with Crippen LogP contribution in [0.5, 0.6) is 0 Å². The standard InChI is InChI=1S/C17H13N3O2/c1-10-6-8-11(9-7-10)15(21)14-12-4-2-3-5-13(12)19-17(20-14)16(18)22/h2-9H,1H3,(H2,18,22). The van der Waals surface area contributed by atoms with Crippen molar-refractivity contribution in [3.63, 3.8) is 0 Å². The van der Waals surface area contributed by atoms with Gasteiger partial charge in [0.25, 0.3) is 5.91 Å². The monoisotopic (exact) mass is 291 g/mol. The molecular weight excluding hydrogens is 278 g/mol. The van der Waals surface area contributed by atoms with Crippen molar-refractivity contribution < 1.29 is 9.59 Å². The maximum absolute atomic E-state index is 12.7. The summed E-state index contributed by atoms with van der Waals surface area (Å²) in [6, 6.07) is 14.2. The van der Waals surface area contributed by atoms with Crippen LogP contribution in [0.2, 0.25) is 0 Å². The molecule has 0 fully saturated rings. The summed E-state index contributed by atoms with van der Waals surface area (Å²) < 4.78 is 0. The van der Waals surface area contributed by atoms with E-state index in [9.17, 15) is 9.59 Å². The zero-order valence-electron chi connectivity index (χ0n) is 11.9. The third-order valence-corrected chi connectivity index (χ3v) is 3.35. The summed E-state index contributed by atoms with van der Waals surface area (Å²) in [7, 11) is 0. The Kier molecular flexibility index (Phi) is 3.39. The second kappa shape index (κ2) is 5.37. The van der Waals surface area contributed by atoms with Gasteiger partial charge in [0, 0.05) is 10.9 Å². The number of ketones is 1. The van der Waals surface area contributed by atoms with Crippen molar-refractivity contribution in [2.24, 2.45) is 5.73 Å². The van der Waals surface area contributed by atoms with Crippen LogP contribution in [0.4, 0.5) is 0 Å². The smallest absolute Gasteiger partial charge is 0.286 e. The zero-order valence-corrected chi connectivity index (χ0v) is 11.9. The minimum atomic E-state index is -0.760. The molecular formula is C17H13N3O2. The number of hydrogen-bond acceptors (Lipinski definition) is 4. The van der Waals surface area contributed by atoms with Gasteiger partial charge in [-0.1, -0.05) is 48.0 Å². The second-order valence-electron chi connectivity index (χ2n) is 4.97. The lowest BCUT2D eigenvalue weighted by molar-refractivity contribution is 0.0990. The van der Waals surface area contributed by atoms with Crippen molar-refractivity contribution in [1.29, 1.82) is 0 Å². The number of carbonyl (C=O) groups is 2. The molecule has 0 atom stereocenters. The van der Waals surface area contributed by atoms with Crippen LogP contribution in [0, 0.1) is 6.92 Å². The van der Waals surface area contributed by atoms with Gasteiger partial charge in [0.1, 0.15) is 5.69 Å². The number of aromatic nitrogens is 2. The number of benzene rings is 2.